The van der Waals surface area contributed by atoms with Gasteiger partial charge in [0.25, 0.3) is 0 Å². The van der Waals surface area contributed by atoms with Gasteiger partial charge in [-0.2, -0.15) is 0 Å². The Bertz CT molecular complexity index is 2850. The summed E-state index contributed by atoms with van der Waals surface area (Å²) in [5.74, 6) is 1.45. The first-order valence-corrected chi connectivity index (χ1v) is 21.2. The van der Waals surface area contributed by atoms with Crippen molar-refractivity contribution >= 4 is 44.6 Å². The predicted molar refractivity (Wildman–Crippen MR) is 244 cm³/mol. The van der Waals surface area contributed by atoms with Gasteiger partial charge in [-0.05, 0) is 131 Å². The zero-order valence-corrected chi connectivity index (χ0v) is 35.1. The van der Waals surface area contributed by atoms with Gasteiger partial charge < -0.3 is 14.5 Å². The number of para-hydroxylation sites is 3. The molecule has 0 N–H and O–H groups in total. The van der Waals surface area contributed by atoms with E-state index in [4.69, 9.17) is 9.72 Å². The second kappa shape index (κ2) is 15.9. The van der Waals surface area contributed by atoms with Crippen LogP contribution in [-0.4, -0.2) is 16.2 Å². The number of aryl methyl sites for hydroxylation is 2. The highest BCUT2D eigenvalue weighted by Gasteiger charge is 2.33. The smallest absolute Gasteiger partial charge is 0.137 e. The summed E-state index contributed by atoms with van der Waals surface area (Å²) >= 11 is 0. The van der Waals surface area contributed by atoms with Gasteiger partial charge in [0.05, 0.1) is 28.0 Å². The summed E-state index contributed by atoms with van der Waals surface area (Å²) in [5, 5.41) is 2.32. The zero-order valence-electron chi connectivity index (χ0n) is 35.1. The molecule has 1 aliphatic heterocycles. The fourth-order valence-electron chi connectivity index (χ4n) is 8.90. The average Bonchev–Trinajstić information content (AvgIpc) is 3.79. The number of fused-ring (bicyclic) bond motifs is 4. The zero-order chi connectivity index (χ0) is 41.7. The second-order valence-electron chi connectivity index (χ2n) is 16.5. The molecule has 0 bridgehead atoms. The lowest BCUT2D eigenvalue weighted by Crippen LogP contribution is -2.26. The number of ether oxygens (including phenoxy) is 1. The van der Waals surface area contributed by atoms with E-state index in [-0.39, 0.29) is 17.4 Å². The van der Waals surface area contributed by atoms with E-state index in [0.29, 0.717) is 12.2 Å². The van der Waals surface area contributed by atoms with Gasteiger partial charge in [-0.25, -0.2) is 13.8 Å². The van der Waals surface area contributed by atoms with Crippen molar-refractivity contribution in [1.82, 2.24) is 9.55 Å². The van der Waals surface area contributed by atoms with Gasteiger partial charge in [-0.3, -0.25) is 4.57 Å². The van der Waals surface area contributed by atoms with Gasteiger partial charge in [0.2, 0.25) is 0 Å². The van der Waals surface area contributed by atoms with E-state index < -0.39 is 11.6 Å². The van der Waals surface area contributed by atoms with Gasteiger partial charge in [0, 0.05) is 40.5 Å². The summed E-state index contributed by atoms with van der Waals surface area (Å²) in [5.41, 5.74) is 11.5. The lowest BCUT2D eigenvalue weighted by atomic mass is 9.87. The molecule has 0 radical (unpaired) electrons. The highest BCUT2D eigenvalue weighted by Crippen LogP contribution is 2.50. The van der Waals surface area contributed by atoms with Crippen molar-refractivity contribution in [2.45, 2.75) is 72.6 Å². The van der Waals surface area contributed by atoms with Gasteiger partial charge in [0.1, 0.15) is 35.6 Å². The highest BCUT2D eigenvalue weighted by molar-refractivity contribution is 6.09. The monoisotopic (exact) mass is 796 g/mol. The maximum Gasteiger partial charge on any atom is 0.137 e. The van der Waals surface area contributed by atoms with Crippen LogP contribution in [0.3, 0.4) is 0 Å². The molecular formula is C53H50F2N4O. The summed E-state index contributed by atoms with van der Waals surface area (Å²) in [6, 6.07) is 42.2. The molecule has 5 nitrogen and oxygen atoms in total. The van der Waals surface area contributed by atoms with E-state index in [2.05, 4.69) is 153 Å². The summed E-state index contributed by atoms with van der Waals surface area (Å²) in [7, 11) is 0. The fraction of sp³-hybridized carbons (Fsp3) is 0.226. The maximum atomic E-state index is 15.2. The minimum atomic E-state index is -0.560. The third-order valence-electron chi connectivity index (χ3n) is 11.8. The first kappa shape index (κ1) is 39.0. The SMILES string of the molecule is CCCc1ccnc(-n2c3ccccc3c3ccc(Oc4cc(CC)cc(N5CN(c6c(C(C)C)cc(-c7c(F)cccc7F)cc6C(C)C)c6ccccc65)c4)cc32)c1. The van der Waals surface area contributed by atoms with E-state index in [1.54, 1.807) is 0 Å². The number of rotatable bonds is 11. The summed E-state index contributed by atoms with van der Waals surface area (Å²) in [4.78, 5) is 9.56. The van der Waals surface area contributed by atoms with Crippen LogP contribution in [0.1, 0.15) is 82.1 Å². The van der Waals surface area contributed by atoms with Gasteiger partial charge >= 0.3 is 0 Å². The molecule has 0 amide bonds. The molecule has 0 aliphatic carbocycles. The standard InChI is InChI=1S/C53H50F2N4O/c1-7-14-36-23-24-56-51(27-36)59-47-18-10-9-15-41(47)42-22-21-39(31-50(42)59)60-40-26-35(8-2)25-38(30-40)57-32-58(49-20-12-11-19-48(49)57)53-43(33(3)4)28-37(29-44(53)34(5)6)52-45(54)16-13-17-46(52)55/h9-13,15-31,33-34H,7-8,14,32H2,1-6H3. The van der Waals surface area contributed by atoms with Crippen LogP contribution in [0.2, 0.25) is 0 Å². The van der Waals surface area contributed by atoms with Gasteiger partial charge in [-0.15, -0.1) is 0 Å². The topological polar surface area (TPSA) is 33.5 Å². The third-order valence-corrected chi connectivity index (χ3v) is 11.8. The molecule has 6 aromatic carbocycles. The van der Waals surface area contributed by atoms with Crippen LogP contribution in [0.25, 0.3) is 38.8 Å². The first-order chi connectivity index (χ1) is 29.1. The predicted octanol–water partition coefficient (Wildman–Crippen LogP) is 14.9. The first-order valence-electron chi connectivity index (χ1n) is 21.2. The summed E-state index contributed by atoms with van der Waals surface area (Å²) in [6.45, 7) is 13.5. The third kappa shape index (κ3) is 6.96. The Hall–Kier alpha value is -6.47. The minimum absolute atomic E-state index is 0.0127. The van der Waals surface area contributed by atoms with Crippen molar-refractivity contribution in [3.8, 4) is 28.4 Å². The fourth-order valence-corrected chi connectivity index (χ4v) is 8.90. The molecule has 0 unspecified atom stereocenters. The molecule has 2 aromatic heterocycles. The van der Waals surface area contributed by atoms with Crippen molar-refractivity contribution in [1.29, 1.82) is 0 Å². The van der Waals surface area contributed by atoms with Gasteiger partial charge in [-0.1, -0.05) is 84.4 Å². The van der Waals surface area contributed by atoms with E-state index >= 15 is 8.78 Å². The lowest BCUT2D eigenvalue weighted by Gasteiger charge is -2.30. The maximum absolute atomic E-state index is 15.2. The number of hydrogen-bond donors (Lipinski definition) is 0. The van der Waals surface area contributed by atoms with E-state index in [0.717, 1.165) is 92.4 Å². The molecule has 9 rings (SSSR count). The van der Waals surface area contributed by atoms with Crippen molar-refractivity contribution in [3.05, 3.63) is 167 Å². The largest absolute Gasteiger partial charge is 0.457 e. The number of pyridine rings is 1. The van der Waals surface area contributed by atoms with Crippen molar-refractivity contribution < 1.29 is 13.5 Å². The normalized spacial score (nSPS) is 12.7. The summed E-state index contributed by atoms with van der Waals surface area (Å²) < 4.78 is 39.5. The molecule has 8 aromatic rings. The Kier molecular flexibility index (Phi) is 10.4. The Morgan fingerprint density at radius 2 is 1.32 bits per heavy atom. The molecule has 0 atom stereocenters. The molecular weight excluding hydrogens is 747 g/mol. The molecule has 302 valence electrons. The van der Waals surface area contributed by atoms with Crippen LogP contribution >= 0.6 is 0 Å². The molecule has 0 spiro atoms. The number of hydrogen-bond acceptors (Lipinski definition) is 4. The van der Waals surface area contributed by atoms with Crippen LogP contribution in [0, 0.1) is 11.6 Å². The number of nitrogens with zero attached hydrogens (tertiary/aromatic N) is 4. The quantitative estimate of drug-likeness (QED) is 0.131. The number of halogens is 2. The van der Waals surface area contributed by atoms with Crippen LogP contribution in [0.4, 0.5) is 31.5 Å². The van der Waals surface area contributed by atoms with Crippen molar-refractivity contribution in [3.63, 3.8) is 0 Å². The van der Waals surface area contributed by atoms with E-state index in [1.807, 2.05) is 18.3 Å². The highest BCUT2D eigenvalue weighted by atomic mass is 19.1. The van der Waals surface area contributed by atoms with Crippen LogP contribution < -0.4 is 14.5 Å². The number of aromatic nitrogens is 2. The van der Waals surface area contributed by atoms with E-state index in [1.165, 1.54) is 29.1 Å². The number of benzene rings is 6. The molecule has 0 saturated carbocycles. The molecule has 1 aliphatic rings. The van der Waals surface area contributed by atoms with Crippen LogP contribution in [0.15, 0.2) is 134 Å². The Balaban J connectivity index is 1.12. The average molecular weight is 797 g/mol. The Morgan fingerprint density at radius 3 is 2.02 bits per heavy atom. The molecule has 60 heavy (non-hydrogen) atoms. The lowest BCUT2D eigenvalue weighted by molar-refractivity contribution is 0.482. The van der Waals surface area contributed by atoms with Gasteiger partial charge in [0.15, 0.2) is 0 Å². The van der Waals surface area contributed by atoms with E-state index in [9.17, 15) is 0 Å². The van der Waals surface area contributed by atoms with Crippen molar-refractivity contribution in [2.24, 2.45) is 0 Å². The molecule has 3 heterocycles. The summed E-state index contributed by atoms with van der Waals surface area (Å²) in [6.07, 6.45) is 4.81. The minimum Gasteiger partial charge on any atom is -0.457 e. The van der Waals surface area contributed by atoms with Crippen LogP contribution in [0.5, 0.6) is 11.5 Å². The molecule has 0 fully saturated rings. The Labute approximate surface area is 351 Å². The second-order valence-corrected chi connectivity index (χ2v) is 16.5. The van der Waals surface area contributed by atoms with Crippen LogP contribution in [-0.2, 0) is 12.8 Å². The number of anilines is 4. The Morgan fingerprint density at radius 1 is 0.633 bits per heavy atom. The van der Waals surface area contributed by atoms with Crippen molar-refractivity contribution in [2.75, 3.05) is 16.5 Å². The molecule has 7 heteroatoms. The molecule has 0 saturated heterocycles.